The number of anilines is 1. The standard InChI is InChI=1S/C29H26ClNO3/c1-5-17-6-13-21(14-7-17)31-25(18-8-10-19(11-9-18)29(2,3)4)24-26(32)22-16-20(30)12-15-23(22)34-27(24)28(31)33/h6-16,25H,5H2,1-4H3. The van der Waals surface area contributed by atoms with Gasteiger partial charge in [0.05, 0.1) is 17.0 Å². The van der Waals surface area contributed by atoms with Gasteiger partial charge in [0, 0.05) is 10.7 Å². The lowest BCUT2D eigenvalue weighted by molar-refractivity contribution is 0.0971. The summed E-state index contributed by atoms with van der Waals surface area (Å²) >= 11 is 6.18. The van der Waals surface area contributed by atoms with Gasteiger partial charge in [0.15, 0.2) is 5.43 Å². The predicted molar refractivity (Wildman–Crippen MR) is 137 cm³/mol. The molecule has 0 spiro atoms. The summed E-state index contributed by atoms with van der Waals surface area (Å²) in [5.41, 5.74) is 4.39. The lowest BCUT2D eigenvalue weighted by atomic mass is 9.86. The van der Waals surface area contributed by atoms with Crippen molar-refractivity contribution < 1.29 is 9.21 Å². The summed E-state index contributed by atoms with van der Waals surface area (Å²) in [4.78, 5) is 29.1. The third-order valence-electron chi connectivity index (χ3n) is 6.55. The Hall–Kier alpha value is -3.37. The van der Waals surface area contributed by atoms with Crippen LogP contribution in [-0.4, -0.2) is 5.91 Å². The highest BCUT2D eigenvalue weighted by Gasteiger charge is 2.43. The summed E-state index contributed by atoms with van der Waals surface area (Å²) in [5.74, 6) is -0.234. The van der Waals surface area contributed by atoms with Crippen LogP contribution < -0.4 is 10.3 Å². The van der Waals surface area contributed by atoms with Crippen molar-refractivity contribution in [2.75, 3.05) is 4.90 Å². The Morgan fingerprint density at radius 3 is 2.24 bits per heavy atom. The average molecular weight is 472 g/mol. The summed E-state index contributed by atoms with van der Waals surface area (Å²) in [6.07, 6.45) is 0.901. The van der Waals surface area contributed by atoms with Crippen LogP contribution >= 0.6 is 11.6 Å². The number of amides is 1. The average Bonchev–Trinajstić information content (AvgIpc) is 3.11. The molecule has 1 aromatic heterocycles. The summed E-state index contributed by atoms with van der Waals surface area (Å²) in [7, 11) is 0. The van der Waals surface area contributed by atoms with Gasteiger partial charge in [-0.05, 0) is 58.9 Å². The van der Waals surface area contributed by atoms with Crippen molar-refractivity contribution in [2.45, 2.75) is 45.6 Å². The van der Waals surface area contributed by atoms with Crippen LogP contribution in [0.3, 0.4) is 0 Å². The number of aryl methyl sites for hydroxylation is 1. The fraction of sp³-hybridized carbons (Fsp3) is 0.241. The van der Waals surface area contributed by atoms with Crippen LogP contribution in [0.5, 0.6) is 0 Å². The second kappa shape index (κ2) is 8.14. The molecule has 4 aromatic rings. The fourth-order valence-electron chi connectivity index (χ4n) is 4.58. The number of halogens is 1. The predicted octanol–water partition coefficient (Wildman–Crippen LogP) is 7.06. The molecule has 0 aliphatic carbocycles. The molecule has 0 N–H and O–H groups in total. The zero-order valence-electron chi connectivity index (χ0n) is 19.7. The Labute approximate surface area is 203 Å². The number of benzene rings is 3. The zero-order chi connectivity index (χ0) is 24.2. The smallest absolute Gasteiger partial charge is 0.295 e. The summed E-state index contributed by atoms with van der Waals surface area (Å²) < 4.78 is 6.03. The number of hydrogen-bond donors (Lipinski definition) is 0. The number of rotatable bonds is 3. The molecule has 1 amide bonds. The second-order valence-electron chi connectivity index (χ2n) is 9.78. The van der Waals surface area contributed by atoms with E-state index in [0.717, 1.165) is 17.7 Å². The van der Waals surface area contributed by atoms with E-state index >= 15 is 0 Å². The van der Waals surface area contributed by atoms with Crippen molar-refractivity contribution >= 4 is 34.2 Å². The highest BCUT2D eigenvalue weighted by Crippen LogP contribution is 2.42. The first-order chi connectivity index (χ1) is 16.2. The van der Waals surface area contributed by atoms with Crippen molar-refractivity contribution in [3.05, 3.63) is 110 Å². The summed E-state index contributed by atoms with van der Waals surface area (Å²) in [6.45, 7) is 8.55. The maximum atomic E-state index is 13.7. The van der Waals surface area contributed by atoms with Gasteiger partial charge in [0.1, 0.15) is 5.58 Å². The highest BCUT2D eigenvalue weighted by atomic mass is 35.5. The molecule has 2 heterocycles. The molecular weight excluding hydrogens is 446 g/mol. The third-order valence-corrected chi connectivity index (χ3v) is 6.78. The van der Waals surface area contributed by atoms with Gasteiger partial charge < -0.3 is 4.42 Å². The van der Waals surface area contributed by atoms with Gasteiger partial charge in [-0.3, -0.25) is 14.5 Å². The normalized spacial score (nSPS) is 15.7. The van der Waals surface area contributed by atoms with Gasteiger partial charge in [-0.2, -0.15) is 0 Å². The number of carbonyl (C=O) groups excluding carboxylic acids is 1. The molecule has 0 radical (unpaired) electrons. The second-order valence-corrected chi connectivity index (χ2v) is 10.2. The Bertz CT molecular complexity index is 1460. The van der Waals surface area contributed by atoms with E-state index in [1.54, 1.807) is 23.1 Å². The minimum Gasteiger partial charge on any atom is -0.450 e. The van der Waals surface area contributed by atoms with Crippen molar-refractivity contribution in [3.63, 3.8) is 0 Å². The molecule has 0 bridgehead atoms. The molecule has 0 saturated heterocycles. The van der Waals surface area contributed by atoms with Crippen LogP contribution in [0.15, 0.2) is 75.9 Å². The summed E-state index contributed by atoms with van der Waals surface area (Å²) in [6, 6.07) is 20.3. The molecule has 0 fully saturated rings. The van der Waals surface area contributed by atoms with E-state index < -0.39 is 6.04 Å². The molecule has 5 heteroatoms. The van der Waals surface area contributed by atoms with E-state index in [2.05, 4.69) is 39.8 Å². The molecule has 0 saturated carbocycles. The summed E-state index contributed by atoms with van der Waals surface area (Å²) in [5, 5.41) is 0.820. The minimum atomic E-state index is -0.594. The Morgan fingerprint density at radius 1 is 0.941 bits per heavy atom. The van der Waals surface area contributed by atoms with Crippen LogP contribution in [0.2, 0.25) is 5.02 Å². The molecule has 1 atom stereocenters. The van der Waals surface area contributed by atoms with Crippen LogP contribution in [0.25, 0.3) is 11.0 Å². The molecule has 1 unspecified atom stereocenters. The van der Waals surface area contributed by atoms with E-state index in [1.165, 1.54) is 11.1 Å². The van der Waals surface area contributed by atoms with Crippen molar-refractivity contribution in [3.8, 4) is 0 Å². The minimum absolute atomic E-state index is 0.0103. The topological polar surface area (TPSA) is 50.5 Å². The van der Waals surface area contributed by atoms with Gasteiger partial charge in [0.25, 0.3) is 5.91 Å². The van der Waals surface area contributed by atoms with E-state index in [9.17, 15) is 9.59 Å². The first-order valence-electron chi connectivity index (χ1n) is 11.5. The Morgan fingerprint density at radius 2 is 1.62 bits per heavy atom. The van der Waals surface area contributed by atoms with Crippen LogP contribution in [0, 0.1) is 0 Å². The first kappa shape index (κ1) is 22.4. The van der Waals surface area contributed by atoms with Gasteiger partial charge in [-0.15, -0.1) is 0 Å². The molecule has 1 aliphatic heterocycles. The third kappa shape index (κ3) is 3.63. The number of carbonyl (C=O) groups is 1. The number of fused-ring (bicyclic) bond motifs is 2. The van der Waals surface area contributed by atoms with E-state index in [-0.39, 0.29) is 22.5 Å². The Balaban J connectivity index is 1.75. The Kier molecular flexibility index (Phi) is 5.37. The number of nitrogens with zero attached hydrogens (tertiary/aromatic N) is 1. The van der Waals surface area contributed by atoms with Gasteiger partial charge in [-0.25, -0.2) is 0 Å². The van der Waals surface area contributed by atoms with Crippen molar-refractivity contribution in [2.24, 2.45) is 0 Å². The SMILES string of the molecule is CCc1ccc(N2C(=O)c3oc4ccc(Cl)cc4c(=O)c3C2c2ccc(C(C)(C)C)cc2)cc1. The first-order valence-corrected chi connectivity index (χ1v) is 11.9. The van der Waals surface area contributed by atoms with E-state index in [4.69, 9.17) is 16.0 Å². The van der Waals surface area contributed by atoms with E-state index in [1.807, 2.05) is 36.4 Å². The van der Waals surface area contributed by atoms with Gasteiger partial charge in [-0.1, -0.05) is 75.7 Å². The maximum absolute atomic E-state index is 13.7. The van der Waals surface area contributed by atoms with Gasteiger partial charge >= 0.3 is 0 Å². The van der Waals surface area contributed by atoms with Crippen LogP contribution in [0.4, 0.5) is 5.69 Å². The van der Waals surface area contributed by atoms with Crippen molar-refractivity contribution in [1.29, 1.82) is 0 Å². The van der Waals surface area contributed by atoms with E-state index in [0.29, 0.717) is 21.6 Å². The quantitative estimate of drug-likeness (QED) is 0.321. The molecule has 34 heavy (non-hydrogen) atoms. The van der Waals surface area contributed by atoms with Gasteiger partial charge in [0.2, 0.25) is 5.76 Å². The maximum Gasteiger partial charge on any atom is 0.295 e. The lowest BCUT2D eigenvalue weighted by Gasteiger charge is -2.26. The molecule has 4 nitrogen and oxygen atoms in total. The number of hydrogen-bond acceptors (Lipinski definition) is 3. The largest absolute Gasteiger partial charge is 0.450 e. The molecule has 172 valence electrons. The molecular formula is C29H26ClNO3. The fourth-order valence-corrected chi connectivity index (χ4v) is 4.76. The molecule has 5 rings (SSSR count). The monoisotopic (exact) mass is 471 g/mol. The highest BCUT2D eigenvalue weighted by molar-refractivity contribution is 6.31. The van der Waals surface area contributed by atoms with Crippen molar-refractivity contribution in [1.82, 2.24) is 0 Å². The van der Waals surface area contributed by atoms with Crippen LogP contribution in [0.1, 0.15) is 66.5 Å². The molecule has 3 aromatic carbocycles. The molecule has 1 aliphatic rings. The zero-order valence-corrected chi connectivity index (χ0v) is 20.4. The van der Waals surface area contributed by atoms with Crippen LogP contribution in [-0.2, 0) is 11.8 Å². The lowest BCUT2D eigenvalue weighted by Crippen LogP contribution is -2.29.